The van der Waals surface area contributed by atoms with Crippen LogP contribution in [0, 0.1) is 0 Å². The van der Waals surface area contributed by atoms with E-state index in [0.29, 0.717) is 11.1 Å². The first-order chi connectivity index (χ1) is 5.79. The van der Waals surface area contributed by atoms with Crippen LogP contribution in [0.5, 0.6) is 0 Å². The molecule has 13 heavy (non-hydrogen) atoms. The summed E-state index contributed by atoms with van der Waals surface area (Å²) in [7, 11) is 0. The number of nitrogens with two attached hydrogens (primary N) is 1. The van der Waals surface area contributed by atoms with Gasteiger partial charge in [-0.25, -0.2) is 0 Å². The first-order valence-corrected chi connectivity index (χ1v) is 3.65. The Labute approximate surface area is 85.3 Å². The van der Waals surface area contributed by atoms with Crippen molar-refractivity contribution >= 4 is 33.4 Å². The van der Waals surface area contributed by atoms with Crippen molar-refractivity contribution < 1.29 is 0 Å². The van der Waals surface area contributed by atoms with E-state index < -0.39 is 0 Å². The molecular weight excluding hydrogens is 232 g/mol. The average molecular weight is 241 g/mol. The molecule has 2 rings (SSSR count). The second-order valence-electron chi connectivity index (χ2n) is 2.62. The number of halogens is 1. The molecule has 0 fully saturated rings. The summed E-state index contributed by atoms with van der Waals surface area (Å²) >= 11 is 0. The van der Waals surface area contributed by atoms with Crippen molar-refractivity contribution in [1.29, 1.82) is 0 Å². The van der Waals surface area contributed by atoms with Gasteiger partial charge >= 0.3 is 0 Å². The van der Waals surface area contributed by atoms with Gasteiger partial charge in [-0.15, -0.1) is 17.0 Å². The van der Waals surface area contributed by atoms with E-state index in [0.717, 1.165) is 5.39 Å². The Bertz CT molecular complexity index is 478. The van der Waals surface area contributed by atoms with Crippen molar-refractivity contribution in [2.75, 3.05) is 5.73 Å². The third-order valence-electron chi connectivity index (χ3n) is 1.84. The topological polar surface area (TPSA) is 58.9 Å². The summed E-state index contributed by atoms with van der Waals surface area (Å²) in [5.74, 6) is 0. The van der Waals surface area contributed by atoms with E-state index in [4.69, 9.17) is 5.73 Å². The molecule has 0 bridgehead atoms. The number of hydrogen-bond acceptors (Lipinski definition) is 2. The summed E-state index contributed by atoms with van der Waals surface area (Å²) in [6.45, 7) is 0. The summed E-state index contributed by atoms with van der Waals surface area (Å²) in [6.07, 6.45) is 1.52. The minimum Gasteiger partial charge on any atom is -0.397 e. The number of aromatic nitrogens is 1. The van der Waals surface area contributed by atoms with Crippen molar-refractivity contribution in [2.45, 2.75) is 0 Å². The monoisotopic (exact) mass is 240 g/mol. The summed E-state index contributed by atoms with van der Waals surface area (Å²) in [4.78, 5) is 13.8. The highest BCUT2D eigenvalue weighted by atomic mass is 79.9. The van der Waals surface area contributed by atoms with Crippen LogP contribution < -0.4 is 11.3 Å². The van der Waals surface area contributed by atoms with E-state index in [2.05, 4.69) is 4.98 Å². The zero-order chi connectivity index (χ0) is 8.55. The molecule has 1 aromatic heterocycles. The van der Waals surface area contributed by atoms with Crippen molar-refractivity contribution in [1.82, 2.24) is 4.98 Å². The lowest BCUT2D eigenvalue weighted by Gasteiger charge is -1.98. The van der Waals surface area contributed by atoms with E-state index in [9.17, 15) is 4.79 Å². The highest BCUT2D eigenvalue weighted by molar-refractivity contribution is 8.93. The van der Waals surface area contributed by atoms with Crippen LogP contribution in [0.25, 0.3) is 10.8 Å². The zero-order valence-corrected chi connectivity index (χ0v) is 8.49. The average Bonchev–Trinajstić information content (AvgIpc) is 2.12. The number of aromatic amines is 1. The minimum atomic E-state index is -0.0974. The highest BCUT2D eigenvalue weighted by Crippen LogP contribution is 2.14. The van der Waals surface area contributed by atoms with Crippen LogP contribution in [0.1, 0.15) is 0 Å². The number of H-pyrrole nitrogens is 1. The quantitative estimate of drug-likeness (QED) is 0.737. The number of benzene rings is 1. The van der Waals surface area contributed by atoms with Gasteiger partial charge in [-0.3, -0.25) is 4.79 Å². The van der Waals surface area contributed by atoms with Gasteiger partial charge in [-0.1, -0.05) is 18.2 Å². The Kier molecular flexibility index (Phi) is 2.72. The van der Waals surface area contributed by atoms with Crippen LogP contribution in [0.3, 0.4) is 0 Å². The van der Waals surface area contributed by atoms with Gasteiger partial charge in [0, 0.05) is 17.0 Å². The van der Waals surface area contributed by atoms with Gasteiger partial charge < -0.3 is 10.7 Å². The molecule has 0 aliphatic heterocycles. The predicted molar refractivity (Wildman–Crippen MR) is 59.3 cm³/mol. The van der Waals surface area contributed by atoms with Crippen LogP contribution in [0.4, 0.5) is 5.69 Å². The fourth-order valence-electron chi connectivity index (χ4n) is 1.23. The van der Waals surface area contributed by atoms with Crippen LogP contribution >= 0.6 is 17.0 Å². The maximum Gasteiger partial charge on any atom is 0.255 e. The van der Waals surface area contributed by atoms with Gasteiger partial charge in [0.2, 0.25) is 0 Å². The van der Waals surface area contributed by atoms with Crippen LogP contribution in [-0.4, -0.2) is 4.98 Å². The number of nitrogens with one attached hydrogen (secondary N) is 1. The number of pyridine rings is 1. The normalized spacial score (nSPS) is 9.54. The maximum absolute atomic E-state index is 11.2. The van der Waals surface area contributed by atoms with E-state index in [1.807, 2.05) is 18.2 Å². The molecule has 4 heteroatoms. The molecular formula is C9H9BrN2O. The summed E-state index contributed by atoms with van der Waals surface area (Å²) in [6, 6.07) is 7.26. The van der Waals surface area contributed by atoms with E-state index >= 15 is 0 Å². The second-order valence-corrected chi connectivity index (χ2v) is 2.62. The van der Waals surface area contributed by atoms with Gasteiger partial charge in [0.15, 0.2) is 0 Å². The van der Waals surface area contributed by atoms with Crippen molar-refractivity contribution in [3.63, 3.8) is 0 Å². The molecule has 3 N–H and O–H groups in total. The van der Waals surface area contributed by atoms with Crippen molar-refractivity contribution in [2.24, 2.45) is 0 Å². The van der Waals surface area contributed by atoms with Gasteiger partial charge in [0.25, 0.3) is 5.56 Å². The third-order valence-corrected chi connectivity index (χ3v) is 1.84. The predicted octanol–water partition coefficient (Wildman–Crippen LogP) is 1.69. The number of anilines is 1. The largest absolute Gasteiger partial charge is 0.397 e. The minimum absolute atomic E-state index is 0. The molecule has 1 aromatic carbocycles. The molecule has 0 aliphatic rings. The fraction of sp³-hybridized carbons (Fsp3) is 0. The Morgan fingerprint density at radius 1 is 1.15 bits per heavy atom. The summed E-state index contributed by atoms with van der Waals surface area (Å²) < 4.78 is 0. The van der Waals surface area contributed by atoms with E-state index in [1.54, 1.807) is 6.07 Å². The number of rotatable bonds is 0. The number of hydrogen-bond donors (Lipinski definition) is 2. The standard InChI is InChI=1S/C9H8N2O.BrH/c10-8-5-11-9(12)7-4-2-1-3-6(7)8;/h1-5H,10H2,(H,11,12);1H. The van der Waals surface area contributed by atoms with Crippen LogP contribution in [-0.2, 0) is 0 Å². The van der Waals surface area contributed by atoms with E-state index in [1.165, 1.54) is 6.20 Å². The molecule has 0 aliphatic carbocycles. The smallest absolute Gasteiger partial charge is 0.255 e. The molecule has 0 radical (unpaired) electrons. The summed E-state index contributed by atoms with van der Waals surface area (Å²) in [5.41, 5.74) is 6.16. The lowest BCUT2D eigenvalue weighted by molar-refractivity contribution is 1.28. The molecule has 3 nitrogen and oxygen atoms in total. The third kappa shape index (κ3) is 1.58. The van der Waals surface area contributed by atoms with Crippen molar-refractivity contribution in [3.8, 4) is 0 Å². The molecule has 0 saturated carbocycles. The molecule has 68 valence electrons. The van der Waals surface area contributed by atoms with Gasteiger partial charge in [0.05, 0.1) is 5.69 Å². The maximum atomic E-state index is 11.2. The number of nitrogen functional groups attached to an aromatic ring is 1. The lowest BCUT2D eigenvalue weighted by Crippen LogP contribution is -2.06. The first-order valence-electron chi connectivity index (χ1n) is 3.65. The zero-order valence-electron chi connectivity index (χ0n) is 6.78. The Balaban J connectivity index is 0.000000845. The van der Waals surface area contributed by atoms with Crippen molar-refractivity contribution in [3.05, 3.63) is 40.8 Å². The fourth-order valence-corrected chi connectivity index (χ4v) is 1.23. The molecule has 0 amide bonds. The van der Waals surface area contributed by atoms with Gasteiger partial charge in [-0.05, 0) is 6.07 Å². The molecule has 1 heterocycles. The number of fused-ring (bicyclic) bond motifs is 1. The molecule has 0 saturated heterocycles. The van der Waals surface area contributed by atoms with Gasteiger partial charge in [-0.2, -0.15) is 0 Å². The molecule has 0 atom stereocenters. The molecule has 0 unspecified atom stereocenters. The summed E-state index contributed by atoms with van der Waals surface area (Å²) in [5, 5.41) is 1.44. The Morgan fingerprint density at radius 3 is 2.38 bits per heavy atom. The van der Waals surface area contributed by atoms with Crippen LogP contribution in [0.2, 0.25) is 0 Å². The second kappa shape index (κ2) is 3.62. The first kappa shape index (κ1) is 9.80. The van der Waals surface area contributed by atoms with Gasteiger partial charge in [0.1, 0.15) is 0 Å². The SMILES string of the molecule is Br.Nc1c[nH]c(=O)c2ccccc12. The Morgan fingerprint density at radius 2 is 1.77 bits per heavy atom. The lowest BCUT2D eigenvalue weighted by atomic mass is 10.1. The molecule has 0 spiro atoms. The Hall–Kier alpha value is -1.29. The van der Waals surface area contributed by atoms with E-state index in [-0.39, 0.29) is 22.5 Å². The molecule has 2 aromatic rings. The highest BCUT2D eigenvalue weighted by Gasteiger charge is 1.98. The van der Waals surface area contributed by atoms with Crippen LogP contribution in [0.15, 0.2) is 35.3 Å².